The zero-order valence-corrected chi connectivity index (χ0v) is 11.5. The van der Waals surface area contributed by atoms with Gasteiger partial charge in [-0.3, -0.25) is 0 Å². The van der Waals surface area contributed by atoms with Crippen LogP contribution in [0.5, 0.6) is 17.2 Å². The number of ether oxygens (including phenoxy) is 3. The van der Waals surface area contributed by atoms with Crippen LogP contribution in [-0.2, 0) is 0 Å². The minimum absolute atomic E-state index is 0.482. The largest absolute Gasteiger partial charge is 0.493 e. The molecule has 4 heteroatoms. The van der Waals surface area contributed by atoms with Crippen LogP contribution >= 0.6 is 0 Å². The van der Waals surface area contributed by atoms with Gasteiger partial charge in [0.15, 0.2) is 11.5 Å². The Balaban J connectivity index is 3.27. The first-order valence-corrected chi connectivity index (χ1v) is 5.69. The van der Waals surface area contributed by atoms with Crippen molar-refractivity contribution in [2.75, 3.05) is 21.3 Å². The first-order valence-electron chi connectivity index (χ1n) is 5.69. The van der Waals surface area contributed by atoms with E-state index in [1.54, 1.807) is 28.3 Å². The fourth-order valence-corrected chi connectivity index (χ4v) is 1.57. The minimum Gasteiger partial charge on any atom is -0.493 e. The standard InChI is InChI=1S/C14H20O4/c1-9(10(2)15)6-11-7-12(16-3)14(18-5)13(8-11)17-4/h6-8,10,15H,1-5H3/b9-6-. The Morgan fingerprint density at radius 2 is 1.61 bits per heavy atom. The van der Waals surface area contributed by atoms with Gasteiger partial charge in [0, 0.05) is 0 Å². The summed E-state index contributed by atoms with van der Waals surface area (Å²) < 4.78 is 15.8. The highest BCUT2D eigenvalue weighted by Crippen LogP contribution is 2.38. The molecule has 0 amide bonds. The number of rotatable bonds is 5. The van der Waals surface area contributed by atoms with Crippen molar-refractivity contribution >= 4 is 6.08 Å². The molecule has 1 unspecified atom stereocenters. The smallest absolute Gasteiger partial charge is 0.203 e. The zero-order valence-electron chi connectivity index (χ0n) is 11.5. The van der Waals surface area contributed by atoms with Crippen LogP contribution in [0.15, 0.2) is 17.7 Å². The van der Waals surface area contributed by atoms with Gasteiger partial charge in [-0.1, -0.05) is 6.08 Å². The van der Waals surface area contributed by atoms with Crippen LogP contribution in [0.4, 0.5) is 0 Å². The second kappa shape index (κ2) is 6.31. The van der Waals surface area contributed by atoms with Crippen molar-refractivity contribution in [2.24, 2.45) is 0 Å². The molecular formula is C14H20O4. The summed E-state index contributed by atoms with van der Waals surface area (Å²) in [5.74, 6) is 1.76. The summed E-state index contributed by atoms with van der Waals surface area (Å²) in [6.07, 6.45) is 1.40. The molecule has 1 atom stereocenters. The highest BCUT2D eigenvalue weighted by atomic mass is 16.5. The number of benzene rings is 1. The second-order valence-corrected chi connectivity index (χ2v) is 4.02. The summed E-state index contributed by atoms with van der Waals surface area (Å²) >= 11 is 0. The Morgan fingerprint density at radius 3 is 1.94 bits per heavy atom. The molecule has 18 heavy (non-hydrogen) atoms. The minimum atomic E-state index is -0.482. The van der Waals surface area contributed by atoms with Gasteiger partial charge in [0.1, 0.15) is 0 Å². The van der Waals surface area contributed by atoms with Crippen LogP contribution < -0.4 is 14.2 Å². The van der Waals surface area contributed by atoms with E-state index in [4.69, 9.17) is 14.2 Å². The maximum Gasteiger partial charge on any atom is 0.203 e. The van der Waals surface area contributed by atoms with Gasteiger partial charge in [-0.05, 0) is 37.1 Å². The van der Waals surface area contributed by atoms with Gasteiger partial charge in [0.05, 0.1) is 27.4 Å². The van der Waals surface area contributed by atoms with Gasteiger partial charge in [-0.2, -0.15) is 0 Å². The van der Waals surface area contributed by atoms with Crippen molar-refractivity contribution in [1.29, 1.82) is 0 Å². The van der Waals surface area contributed by atoms with Gasteiger partial charge >= 0.3 is 0 Å². The molecule has 0 aliphatic rings. The van der Waals surface area contributed by atoms with Gasteiger partial charge < -0.3 is 19.3 Å². The third-order valence-corrected chi connectivity index (χ3v) is 2.74. The number of aliphatic hydroxyl groups is 1. The summed E-state index contributed by atoms with van der Waals surface area (Å²) in [5.41, 5.74) is 1.76. The second-order valence-electron chi connectivity index (χ2n) is 4.02. The van der Waals surface area contributed by atoms with Crippen LogP contribution in [0.1, 0.15) is 19.4 Å². The topological polar surface area (TPSA) is 47.9 Å². The van der Waals surface area contributed by atoms with Crippen molar-refractivity contribution in [3.8, 4) is 17.2 Å². The van der Waals surface area contributed by atoms with E-state index in [1.807, 2.05) is 25.1 Å². The molecule has 0 heterocycles. The number of aliphatic hydroxyl groups excluding tert-OH is 1. The summed E-state index contributed by atoms with van der Waals surface area (Å²) in [4.78, 5) is 0. The third-order valence-electron chi connectivity index (χ3n) is 2.74. The van der Waals surface area contributed by atoms with Gasteiger partial charge in [-0.15, -0.1) is 0 Å². The zero-order chi connectivity index (χ0) is 13.7. The molecule has 0 saturated carbocycles. The van der Waals surface area contributed by atoms with Crippen molar-refractivity contribution in [3.63, 3.8) is 0 Å². The van der Waals surface area contributed by atoms with E-state index in [0.717, 1.165) is 11.1 Å². The number of hydrogen-bond acceptors (Lipinski definition) is 4. The average Bonchev–Trinajstić information content (AvgIpc) is 2.37. The molecule has 4 nitrogen and oxygen atoms in total. The highest BCUT2D eigenvalue weighted by Gasteiger charge is 2.12. The molecule has 1 rings (SSSR count). The molecule has 0 bridgehead atoms. The van der Waals surface area contributed by atoms with Crippen molar-refractivity contribution in [2.45, 2.75) is 20.0 Å². The van der Waals surface area contributed by atoms with E-state index < -0.39 is 6.10 Å². The van der Waals surface area contributed by atoms with Crippen LogP contribution in [-0.4, -0.2) is 32.5 Å². The van der Waals surface area contributed by atoms with E-state index in [1.165, 1.54) is 0 Å². The molecule has 0 aliphatic heterocycles. The summed E-state index contributed by atoms with van der Waals surface area (Å²) in [6, 6.07) is 3.68. The Kier molecular flexibility index (Phi) is 5.04. The Bertz CT molecular complexity index is 410. The van der Waals surface area contributed by atoms with Gasteiger partial charge in [0.25, 0.3) is 0 Å². The first kappa shape index (κ1) is 14.4. The van der Waals surface area contributed by atoms with Gasteiger partial charge in [-0.25, -0.2) is 0 Å². The van der Waals surface area contributed by atoms with E-state index in [-0.39, 0.29) is 0 Å². The van der Waals surface area contributed by atoms with Crippen LogP contribution in [0.3, 0.4) is 0 Å². The lowest BCUT2D eigenvalue weighted by Crippen LogP contribution is -2.01. The fraction of sp³-hybridized carbons (Fsp3) is 0.429. The molecule has 100 valence electrons. The Hall–Kier alpha value is -1.68. The number of methoxy groups -OCH3 is 3. The highest BCUT2D eigenvalue weighted by molar-refractivity contribution is 5.63. The molecule has 0 fully saturated rings. The lowest BCUT2D eigenvalue weighted by molar-refractivity contribution is 0.232. The molecule has 0 aromatic heterocycles. The maximum atomic E-state index is 9.48. The summed E-state index contributed by atoms with van der Waals surface area (Å²) in [5, 5.41) is 9.48. The van der Waals surface area contributed by atoms with E-state index >= 15 is 0 Å². The van der Waals surface area contributed by atoms with Crippen molar-refractivity contribution < 1.29 is 19.3 Å². The fourth-order valence-electron chi connectivity index (χ4n) is 1.57. The SMILES string of the molecule is COc1cc(/C=C(/C)C(C)O)cc(OC)c1OC. The van der Waals surface area contributed by atoms with Gasteiger partial charge in [0.2, 0.25) is 5.75 Å². The molecule has 1 N–H and O–H groups in total. The Morgan fingerprint density at radius 1 is 1.11 bits per heavy atom. The normalized spacial score (nSPS) is 13.1. The predicted octanol–water partition coefficient (Wildman–Crippen LogP) is 2.50. The monoisotopic (exact) mass is 252 g/mol. The molecular weight excluding hydrogens is 232 g/mol. The third kappa shape index (κ3) is 3.17. The average molecular weight is 252 g/mol. The predicted molar refractivity (Wildman–Crippen MR) is 71.4 cm³/mol. The van der Waals surface area contributed by atoms with E-state index in [0.29, 0.717) is 17.2 Å². The quantitative estimate of drug-likeness (QED) is 0.874. The van der Waals surface area contributed by atoms with E-state index in [2.05, 4.69) is 0 Å². The maximum absolute atomic E-state index is 9.48. The molecule has 1 aromatic rings. The van der Waals surface area contributed by atoms with Crippen LogP contribution in [0, 0.1) is 0 Å². The molecule has 0 radical (unpaired) electrons. The Labute approximate surface area is 108 Å². The number of hydrogen-bond donors (Lipinski definition) is 1. The van der Waals surface area contributed by atoms with Crippen molar-refractivity contribution in [1.82, 2.24) is 0 Å². The van der Waals surface area contributed by atoms with Crippen LogP contribution in [0.2, 0.25) is 0 Å². The lowest BCUT2D eigenvalue weighted by atomic mass is 10.1. The molecule has 0 aliphatic carbocycles. The van der Waals surface area contributed by atoms with Crippen molar-refractivity contribution in [3.05, 3.63) is 23.3 Å². The molecule has 1 aromatic carbocycles. The lowest BCUT2D eigenvalue weighted by Gasteiger charge is -2.13. The summed E-state index contributed by atoms with van der Waals surface area (Å²) in [7, 11) is 4.72. The summed E-state index contributed by atoms with van der Waals surface area (Å²) in [6.45, 7) is 3.59. The van der Waals surface area contributed by atoms with E-state index in [9.17, 15) is 5.11 Å². The molecule has 0 saturated heterocycles. The molecule has 0 spiro atoms. The van der Waals surface area contributed by atoms with Crippen LogP contribution in [0.25, 0.3) is 6.08 Å². The first-order chi connectivity index (χ1) is 8.53.